The van der Waals surface area contributed by atoms with Crippen LogP contribution in [0.2, 0.25) is 0 Å². The SMILES string of the molecule is CCOC(=O)CNC(=O)N1CCN(Cc2nc3cc(C(=O)N4CCCCC4)ccc3o2)CC1. The number of nitrogens with zero attached hydrogens (tertiary/aromatic N) is 4. The van der Waals surface area contributed by atoms with Crippen LogP contribution in [0.25, 0.3) is 11.1 Å². The molecule has 0 bridgehead atoms. The van der Waals surface area contributed by atoms with E-state index in [0.29, 0.717) is 61.9 Å². The average molecular weight is 458 g/mol. The predicted molar refractivity (Wildman–Crippen MR) is 121 cm³/mol. The maximum Gasteiger partial charge on any atom is 0.325 e. The van der Waals surface area contributed by atoms with Gasteiger partial charge >= 0.3 is 12.0 Å². The Morgan fingerprint density at radius 3 is 2.52 bits per heavy atom. The first-order chi connectivity index (χ1) is 16.0. The highest BCUT2D eigenvalue weighted by atomic mass is 16.5. The number of ether oxygens (including phenoxy) is 1. The Hall–Kier alpha value is -3.14. The van der Waals surface area contributed by atoms with Gasteiger partial charge in [-0.05, 0) is 44.4 Å². The van der Waals surface area contributed by atoms with E-state index in [4.69, 9.17) is 9.15 Å². The molecule has 2 aromatic rings. The molecule has 178 valence electrons. The minimum atomic E-state index is -0.443. The number of carbonyl (C=O) groups excluding carboxylic acids is 3. The molecule has 0 radical (unpaired) electrons. The second-order valence-corrected chi connectivity index (χ2v) is 8.37. The summed E-state index contributed by atoms with van der Waals surface area (Å²) >= 11 is 0. The lowest BCUT2D eigenvalue weighted by atomic mass is 10.1. The van der Waals surface area contributed by atoms with Crippen LogP contribution < -0.4 is 5.32 Å². The third kappa shape index (κ3) is 5.81. The van der Waals surface area contributed by atoms with E-state index in [0.717, 1.165) is 25.9 Å². The summed E-state index contributed by atoms with van der Waals surface area (Å²) in [6, 6.07) is 5.16. The third-order valence-corrected chi connectivity index (χ3v) is 6.03. The Morgan fingerprint density at radius 1 is 1.03 bits per heavy atom. The van der Waals surface area contributed by atoms with Crippen LogP contribution >= 0.6 is 0 Å². The van der Waals surface area contributed by atoms with Gasteiger partial charge in [0.1, 0.15) is 12.1 Å². The number of nitrogens with one attached hydrogen (secondary N) is 1. The van der Waals surface area contributed by atoms with E-state index < -0.39 is 5.97 Å². The number of fused-ring (bicyclic) bond motifs is 1. The molecule has 0 aliphatic carbocycles. The summed E-state index contributed by atoms with van der Waals surface area (Å²) in [5.74, 6) is 0.201. The first-order valence-corrected chi connectivity index (χ1v) is 11.6. The number of carbonyl (C=O) groups is 3. The second kappa shape index (κ2) is 10.7. The van der Waals surface area contributed by atoms with Crippen molar-refractivity contribution in [3.05, 3.63) is 29.7 Å². The number of urea groups is 1. The zero-order chi connectivity index (χ0) is 23.2. The smallest absolute Gasteiger partial charge is 0.325 e. The molecule has 1 aromatic heterocycles. The van der Waals surface area contributed by atoms with Gasteiger partial charge in [0.25, 0.3) is 5.91 Å². The Morgan fingerprint density at radius 2 is 1.79 bits per heavy atom. The fourth-order valence-electron chi connectivity index (χ4n) is 4.23. The highest BCUT2D eigenvalue weighted by Gasteiger charge is 2.23. The van der Waals surface area contributed by atoms with Crippen LogP contribution in [-0.2, 0) is 16.1 Å². The molecular formula is C23H31N5O5. The van der Waals surface area contributed by atoms with Crippen molar-refractivity contribution in [1.82, 2.24) is 25.0 Å². The molecular weight excluding hydrogens is 426 g/mol. The van der Waals surface area contributed by atoms with Crippen molar-refractivity contribution in [2.24, 2.45) is 0 Å². The van der Waals surface area contributed by atoms with Crippen LogP contribution in [0.4, 0.5) is 4.79 Å². The summed E-state index contributed by atoms with van der Waals surface area (Å²) in [6.45, 7) is 6.48. The summed E-state index contributed by atoms with van der Waals surface area (Å²) in [5, 5.41) is 2.59. The van der Waals surface area contributed by atoms with Gasteiger partial charge in [-0.3, -0.25) is 14.5 Å². The highest BCUT2D eigenvalue weighted by Crippen LogP contribution is 2.21. The lowest BCUT2D eigenvalue weighted by Gasteiger charge is -2.33. The lowest BCUT2D eigenvalue weighted by molar-refractivity contribution is -0.141. The maximum absolute atomic E-state index is 12.8. The van der Waals surface area contributed by atoms with Crippen LogP contribution in [0.5, 0.6) is 0 Å². The van der Waals surface area contributed by atoms with E-state index in [2.05, 4.69) is 15.2 Å². The van der Waals surface area contributed by atoms with Gasteiger partial charge in [-0.1, -0.05) is 0 Å². The van der Waals surface area contributed by atoms with Gasteiger partial charge in [0, 0.05) is 44.8 Å². The molecule has 1 aromatic carbocycles. The molecule has 0 atom stereocenters. The van der Waals surface area contributed by atoms with Crippen molar-refractivity contribution in [3.8, 4) is 0 Å². The van der Waals surface area contributed by atoms with Crippen molar-refractivity contribution >= 4 is 29.0 Å². The van der Waals surface area contributed by atoms with Crippen molar-refractivity contribution in [3.63, 3.8) is 0 Å². The van der Waals surface area contributed by atoms with E-state index in [9.17, 15) is 14.4 Å². The minimum Gasteiger partial charge on any atom is -0.465 e. The number of piperidine rings is 1. The lowest BCUT2D eigenvalue weighted by Crippen LogP contribution is -2.52. The molecule has 2 aliphatic heterocycles. The number of oxazole rings is 1. The van der Waals surface area contributed by atoms with Crippen LogP contribution in [0.1, 0.15) is 42.4 Å². The Bertz CT molecular complexity index is 992. The fourth-order valence-corrected chi connectivity index (χ4v) is 4.23. The first-order valence-electron chi connectivity index (χ1n) is 11.6. The number of piperazine rings is 1. The second-order valence-electron chi connectivity index (χ2n) is 8.37. The molecule has 33 heavy (non-hydrogen) atoms. The molecule has 2 saturated heterocycles. The van der Waals surface area contributed by atoms with Gasteiger partial charge in [-0.15, -0.1) is 0 Å². The topological polar surface area (TPSA) is 108 Å². The van der Waals surface area contributed by atoms with Crippen LogP contribution in [-0.4, -0.2) is 90.0 Å². The zero-order valence-electron chi connectivity index (χ0n) is 19.0. The maximum atomic E-state index is 12.8. The number of amides is 3. The summed E-state index contributed by atoms with van der Waals surface area (Å²) in [5.41, 5.74) is 1.99. The molecule has 10 heteroatoms. The molecule has 0 saturated carbocycles. The molecule has 2 aliphatic rings. The number of rotatable bonds is 6. The molecule has 3 amide bonds. The van der Waals surface area contributed by atoms with Crippen molar-refractivity contribution in [2.45, 2.75) is 32.7 Å². The zero-order valence-corrected chi connectivity index (χ0v) is 19.0. The van der Waals surface area contributed by atoms with Crippen molar-refractivity contribution in [1.29, 1.82) is 0 Å². The highest BCUT2D eigenvalue weighted by molar-refractivity contribution is 5.97. The standard InChI is InChI=1S/C23H31N5O5/c1-2-32-21(29)15-24-23(31)28-12-10-26(11-13-28)16-20-25-18-14-17(6-7-19(18)33-20)22(30)27-8-4-3-5-9-27/h6-7,14H,2-5,8-13,15-16H2,1H3,(H,24,31). The summed E-state index contributed by atoms with van der Waals surface area (Å²) in [7, 11) is 0. The summed E-state index contributed by atoms with van der Waals surface area (Å²) < 4.78 is 10.7. The molecule has 2 fully saturated rings. The third-order valence-electron chi connectivity index (χ3n) is 6.03. The number of benzene rings is 1. The van der Waals surface area contributed by atoms with E-state index in [1.807, 2.05) is 23.1 Å². The molecule has 3 heterocycles. The number of hydrogen-bond acceptors (Lipinski definition) is 7. The van der Waals surface area contributed by atoms with E-state index in [-0.39, 0.29) is 18.5 Å². The quantitative estimate of drug-likeness (QED) is 0.660. The number of aromatic nitrogens is 1. The normalized spacial score (nSPS) is 17.2. The summed E-state index contributed by atoms with van der Waals surface area (Å²) in [6.07, 6.45) is 3.30. The number of hydrogen-bond donors (Lipinski definition) is 1. The number of likely N-dealkylation sites (tertiary alicyclic amines) is 1. The van der Waals surface area contributed by atoms with Crippen molar-refractivity contribution < 1.29 is 23.5 Å². The van der Waals surface area contributed by atoms with Gasteiger partial charge in [0.2, 0.25) is 5.89 Å². The Kier molecular flexibility index (Phi) is 7.43. The van der Waals surface area contributed by atoms with E-state index in [1.165, 1.54) is 6.42 Å². The van der Waals surface area contributed by atoms with Crippen LogP contribution in [0.15, 0.2) is 22.6 Å². The monoisotopic (exact) mass is 457 g/mol. The number of esters is 1. The molecule has 1 N–H and O–H groups in total. The predicted octanol–water partition coefficient (Wildman–Crippen LogP) is 1.84. The van der Waals surface area contributed by atoms with Gasteiger partial charge < -0.3 is 24.3 Å². The summed E-state index contributed by atoms with van der Waals surface area (Å²) in [4.78, 5) is 46.7. The molecule has 0 unspecified atom stereocenters. The van der Waals surface area contributed by atoms with Gasteiger partial charge in [-0.25, -0.2) is 9.78 Å². The largest absolute Gasteiger partial charge is 0.465 e. The first kappa shape index (κ1) is 23.0. The Balaban J connectivity index is 1.29. The van der Waals surface area contributed by atoms with Crippen LogP contribution in [0.3, 0.4) is 0 Å². The van der Waals surface area contributed by atoms with E-state index in [1.54, 1.807) is 11.8 Å². The molecule has 0 spiro atoms. The van der Waals surface area contributed by atoms with Crippen LogP contribution in [0, 0.1) is 0 Å². The van der Waals surface area contributed by atoms with Gasteiger partial charge in [0.05, 0.1) is 13.2 Å². The molecule has 10 nitrogen and oxygen atoms in total. The van der Waals surface area contributed by atoms with E-state index >= 15 is 0 Å². The van der Waals surface area contributed by atoms with Gasteiger partial charge in [0.15, 0.2) is 5.58 Å². The molecule has 4 rings (SSSR count). The van der Waals surface area contributed by atoms with Crippen molar-refractivity contribution in [2.75, 3.05) is 52.4 Å². The Labute approximate surface area is 192 Å². The van der Waals surface area contributed by atoms with Gasteiger partial charge in [-0.2, -0.15) is 0 Å². The average Bonchev–Trinajstić information content (AvgIpc) is 3.24. The minimum absolute atomic E-state index is 0.0542. The fraction of sp³-hybridized carbons (Fsp3) is 0.565.